The number of carbonyl (C=O) groups excluding carboxylic acids is 2. The van der Waals surface area contributed by atoms with Crippen LogP contribution in [0.3, 0.4) is 0 Å². The Hall–Kier alpha value is -3.13. The highest BCUT2D eigenvalue weighted by molar-refractivity contribution is 6.36. The van der Waals surface area contributed by atoms with E-state index in [0.29, 0.717) is 25.2 Å². The Bertz CT molecular complexity index is 990. The van der Waals surface area contributed by atoms with Gasteiger partial charge in [0.2, 0.25) is 0 Å². The van der Waals surface area contributed by atoms with E-state index in [1.165, 1.54) is 30.3 Å². The van der Waals surface area contributed by atoms with Crippen molar-refractivity contribution in [2.24, 2.45) is 0 Å². The van der Waals surface area contributed by atoms with Crippen molar-refractivity contribution in [2.45, 2.75) is 26.2 Å². The lowest BCUT2D eigenvalue weighted by Gasteiger charge is -2.15. The Balaban J connectivity index is 1.84. The van der Waals surface area contributed by atoms with E-state index in [0.717, 1.165) is 29.9 Å². The third kappa shape index (κ3) is 5.32. The maximum atomic E-state index is 13.6. The number of nitrogens with one attached hydrogen (secondary N) is 1. The number of amides is 2. The van der Waals surface area contributed by atoms with Gasteiger partial charge in [0.15, 0.2) is 11.6 Å². The third-order valence-corrected chi connectivity index (χ3v) is 4.80. The van der Waals surface area contributed by atoms with E-state index in [-0.39, 0.29) is 23.5 Å². The first-order chi connectivity index (χ1) is 14.9. The maximum Gasteiger partial charge on any atom is 0.278 e. The van der Waals surface area contributed by atoms with Crippen molar-refractivity contribution in [1.82, 2.24) is 4.90 Å². The molecule has 1 heterocycles. The molecule has 0 fully saturated rings. The van der Waals surface area contributed by atoms with Gasteiger partial charge >= 0.3 is 0 Å². The fourth-order valence-corrected chi connectivity index (χ4v) is 3.17. The monoisotopic (exact) mass is 432 g/mol. The Labute approximate surface area is 178 Å². The van der Waals surface area contributed by atoms with Gasteiger partial charge in [-0.3, -0.25) is 14.5 Å². The predicted molar refractivity (Wildman–Crippen MR) is 110 cm³/mol. The summed E-state index contributed by atoms with van der Waals surface area (Å²) in [6.45, 7) is 3.20. The van der Waals surface area contributed by atoms with Gasteiger partial charge in [-0.2, -0.15) is 0 Å². The van der Waals surface area contributed by atoms with E-state index in [2.05, 4.69) is 12.2 Å². The second-order valence-corrected chi connectivity index (χ2v) is 7.09. The highest BCUT2D eigenvalue weighted by Gasteiger charge is 2.38. The zero-order valence-electron chi connectivity index (χ0n) is 17.1. The van der Waals surface area contributed by atoms with Crippen LogP contribution in [0.25, 0.3) is 5.57 Å². The third-order valence-electron chi connectivity index (χ3n) is 4.80. The molecular weight excluding hydrogens is 409 g/mol. The van der Waals surface area contributed by atoms with Gasteiger partial charge in [-0.15, -0.1) is 0 Å². The van der Waals surface area contributed by atoms with E-state index < -0.39 is 29.3 Å². The fourth-order valence-electron chi connectivity index (χ4n) is 3.17. The number of rotatable bonds is 10. The van der Waals surface area contributed by atoms with Gasteiger partial charge in [0, 0.05) is 31.5 Å². The molecule has 8 heteroatoms. The van der Waals surface area contributed by atoms with E-state index in [4.69, 9.17) is 4.74 Å². The van der Waals surface area contributed by atoms with Crippen LogP contribution in [-0.2, 0) is 14.3 Å². The molecular formula is C23H23F3N2O3. The summed E-state index contributed by atoms with van der Waals surface area (Å²) in [6.07, 6.45) is 2.39. The van der Waals surface area contributed by atoms with E-state index >= 15 is 0 Å². The molecule has 31 heavy (non-hydrogen) atoms. The highest BCUT2D eigenvalue weighted by atomic mass is 19.2. The topological polar surface area (TPSA) is 58.6 Å². The molecule has 5 nitrogen and oxygen atoms in total. The molecule has 1 N–H and O–H groups in total. The normalized spacial score (nSPS) is 14.0. The average molecular weight is 432 g/mol. The van der Waals surface area contributed by atoms with Crippen molar-refractivity contribution >= 4 is 23.1 Å². The average Bonchev–Trinajstić information content (AvgIpc) is 2.98. The van der Waals surface area contributed by atoms with Crippen molar-refractivity contribution in [3.8, 4) is 0 Å². The van der Waals surface area contributed by atoms with Crippen molar-refractivity contribution in [3.63, 3.8) is 0 Å². The van der Waals surface area contributed by atoms with Crippen LogP contribution in [0.5, 0.6) is 0 Å². The first kappa shape index (κ1) is 22.6. The fraction of sp³-hybridized carbons (Fsp3) is 0.304. The summed E-state index contributed by atoms with van der Waals surface area (Å²) in [5, 5.41) is 2.74. The van der Waals surface area contributed by atoms with Crippen LogP contribution in [0.4, 0.5) is 18.9 Å². The van der Waals surface area contributed by atoms with Crippen molar-refractivity contribution in [1.29, 1.82) is 0 Å². The lowest BCUT2D eigenvalue weighted by Crippen LogP contribution is -2.34. The standard InChI is InChI=1S/C23H23F3N2O3/c1-2-3-12-31-13-4-11-28-22(29)20(15-5-7-16(24)8-6-15)21(23(28)30)27-17-9-10-18(25)19(26)14-17/h5-10,14,27H,2-4,11-13H2,1H3. The van der Waals surface area contributed by atoms with Gasteiger partial charge in [-0.05, 0) is 42.7 Å². The van der Waals surface area contributed by atoms with Gasteiger partial charge in [0.05, 0.1) is 5.57 Å². The highest BCUT2D eigenvalue weighted by Crippen LogP contribution is 2.31. The number of nitrogens with zero attached hydrogens (tertiary/aromatic N) is 1. The van der Waals surface area contributed by atoms with Crippen molar-refractivity contribution in [3.05, 3.63) is 71.2 Å². The van der Waals surface area contributed by atoms with Crippen LogP contribution < -0.4 is 5.32 Å². The maximum absolute atomic E-state index is 13.6. The predicted octanol–water partition coefficient (Wildman–Crippen LogP) is 4.50. The summed E-state index contributed by atoms with van der Waals surface area (Å²) in [7, 11) is 0. The number of ether oxygens (including phenoxy) is 1. The van der Waals surface area contributed by atoms with Crippen LogP contribution in [0, 0.1) is 17.5 Å². The van der Waals surface area contributed by atoms with Gasteiger partial charge in [0.1, 0.15) is 11.5 Å². The second kappa shape index (κ2) is 10.3. The Kier molecular flexibility index (Phi) is 7.46. The van der Waals surface area contributed by atoms with Gasteiger partial charge in [0.25, 0.3) is 11.8 Å². The van der Waals surface area contributed by atoms with Crippen LogP contribution >= 0.6 is 0 Å². The molecule has 0 aliphatic carbocycles. The molecule has 1 aliphatic rings. The zero-order chi connectivity index (χ0) is 22.4. The smallest absolute Gasteiger partial charge is 0.278 e. The number of imide groups is 1. The number of carbonyl (C=O) groups is 2. The van der Waals surface area contributed by atoms with Crippen molar-refractivity contribution < 1.29 is 27.5 Å². The summed E-state index contributed by atoms with van der Waals surface area (Å²) >= 11 is 0. The molecule has 0 aromatic heterocycles. The SMILES string of the molecule is CCCCOCCCN1C(=O)C(Nc2ccc(F)c(F)c2)=C(c2ccc(F)cc2)C1=O. The molecule has 2 aromatic rings. The Morgan fingerprint density at radius 2 is 1.61 bits per heavy atom. The quantitative estimate of drug-likeness (QED) is 0.444. The minimum absolute atomic E-state index is 0.0432. The molecule has 0 saturated heterocycles. The van der Waals surface area contributed by atoms with Crippen molar-refractivity contribution in [2.75, 3.05) is 25.1 Å². The number of anilines is 1. The minimum atomic E-state index is -1.09. The van der Waals surface area contributed by atoms with E-state index in [1.54, 1.807) is 0 Å². The number of halogens is 3. The summed E-state index contributed by atoms with van der Waals surface area (Å²) in [5.41, 5.74) is 0.419. The molecule has 2 aromatic carbocycles. The largest absolute Gasteiger partial charge is 0.381 e. The van der Waals surface area contributed by atoms with E-state index in [1.807, 2.05) is 0 Å². The summed E-state index contributed by atoms with van der Waals surface area (Å²) in [4.78, 5) is 27.1. The van der Waals surface area contributed by atoms with Gasteiger partial charge < -0.3 is 10.1 Å². The Morgan fingerprint density at radius 3 is 2.29 bits per heavy atom. The molecule has 0 bridgehead atoms. The molecule has 2 amide bonds. The molecule has 0 radical (unpaired) electrons. The number of unbranched alkanes of at least 4 members (excludes halogenated alkanes) is 1. The van der Waals surface area contributed by atoms with E-state index in [9.17, 15) is 22.8 Å². The molecule has 3 rings (SSSR count). The number of benzene rings is 2. The minimum Gasteiger partial charge on any atom is -0.381 e. The number of hydrogen-bond donors (Lipinski definition) is 1. The lowest BCUT2D eigenvalue weighted by atomic mass is 10.0. The zero-order valence-corrected chi connectivity index (χ0v) is 17.1. The molecule has 1 aliphatic heterocycles. The molecule has 0 atom stereocenters. The van der Waals surface area contributed by atoms with Crippen LogP contribution in [0.15, 0.2) is 48.2 Å². The van der Waals surface area contributed by atoms with Gasteiger partial charge in [-0.25, -0.2) is 13.2 Å². The summed E-state index contributed by atoms with van der Waals surface area (Å²) in [6, 6.07) is 8.21. The first-order valence-electron chi connectivity index (χ1n) is 10.1. The van der Waals surface area contributed by atoms with Crippen LogP contribution in [0.2, 0.25) is 0 Å². The first-order valence-corrected chi connectivity index (χ1v) is 10.1. The Morgan fingerprint density at radius 1 is 0.903 bits per heavy atom. The number of hydrogen-bond acceptors (Lipinski definition) is 4. The lowest BCUT2D eigenvalue weighted by molar-refractivity contribution is -0.137. The summed E-state index contributed by atoms with van der Waals surface area (Å²) in [5.74, 6) is -3.75. The second-order valence-electron chi connectivity index (χ2n) is 7.09. The van der Waals surface area contributed by atoms with Crippen LogP contribution in [0.1, 0.15) is 31.7 Å². The molecule has 0 spiro atoms. The molecule has 0 unspecified atom stereocenters. The summed E-state index contributed by atoms with van der Waals surface area (Å²) < 4.78 is 45.7. The van der Waals surface area contributed by atoms with Gasteiger partial charge in [-0.1, -0.05) is 25.5 Å². The van der Waals surface area contributed by atoms with Crippen LogP contribution in [-0.4, -0.2) is 36.5 Å². The molecule has 164 valence electrons. The molecule has 0 saturated carbocycles.